The van der Waals surface area contributed by atoms with Crippen LogP contribution in [0.5, 0.6) is 0 Å². The molecule has 3 nitrogen and oxygen atoms in total. The van der Waals surface area contributed by atoms with Crippen molar-refractivity contribution in [3.8, 4) is 0 Å². The van der Waals surface area contributed by atoms with E-state index in [0.29, 0.717) is 11.6 Å². The lowest BCUT2D eigenvalue weighted by Gasteiger charge is -2.20. The molecule has 2 aromatic rings. The summed E-state index contributed by atoms with van der Waals surface area (Å²) in [5.41, 5.74) is 2.20. The molecule has 0 aliphatic rings. The lowest BCUT2D eigenvalue weighted by Crippen LogP contribution is -2.42. The van der Waals surface area contributed by atoms with Crippen LogP contribution in [0.25, 0.3) is 0 Å². The molecule has 0 saturated heterocycles. The van der Waals surface area contributed by atoms with Gasteiger partial charge in [-0.25, -0.2) is 0 Å². The Bertz CT molecular complexity index is 598. The van der Waals surface area contributed by atoms with Gasteiger partial charge in [0, 0.05) is 17.6 Å². The summed E-state index contributed by atoms with van der Waals surface area (Å²) in [6.45, 7) is 4.44. The maximum absolute atomic E-state index is 12.1. The Hall–Kier alpha value is -1.84. The molecule has 0 spiro atoms. The quantitative estimate of drug-likeness (QED) is 0.853. The number of rotatable bonds is 6. The van der Waals surface area contributed by atoms with Gasteiger partial charge in [-0.05, 0) is 37.1 Å². The van der Waals surface area contributed by atoms with Crippen LogP contribution in [0.15, 0.2) is 54.6 Å². The van der Waals surface area contributed by atoms with E-state index in [1.807, 2.05) is 68.4 Å². The van der Waals surface area contributed by atoms with Crippen molar-refractivity contribution >= 4 is 17.5 Å². The molecule has 0 aromatic heterocycles. The summed E-state index contributed by atoms with van der Waals surface area (Å²) in [6.07, 6.45) is 0. The molecular formula is C18H21ClN2O. The fraction of sp³-hybridized carbons (Fsp3) is 0.278. The van der Waals surface area contributed by atoms with Gasteiger partial charge < -0.3 is 5.32 Å². The van der Waals surface area contributed by atoms with Gasteiger partial charge in [0.05, 0.1) is 6.04 Å². The molecule has 0 radical (unpaired) electrons. The maximum Gasteiger partial charge on any atom is 0.237 e. The molecule has 0 heterocycles. The highest BCUT2D eigenvalue weighted by Crippen LogP contribution is 2.16. The van der Waals surface area contributed by atoms with Gasteiger partial charge >= 0.3 is 0 Å². The van der Waals surface area contributed by atoms with Gasteiger partial charge in [0.15, 0.2) is 0 Å². The number of carbonyl (C=O) groups is 1. The molecule has 2 aromatic carbocycles. The average Bonchev–Trinajstić information content (AvgIpc) is 2.54. The Morgan fingerprint density at radius 3 is 2.32 bits per heavy atom. The third-order valence-corrected chi connectivity index (χ3v) is 3.82. The number of hydrogen-bond acceptors (Lipinski definition) is 2. The first-order valence-corrected chi connectivity index (χ1v) is 7.77. The molecule has 0 unspecified atom stereocenters. The highest BCUT2D eigenvalue weighted by molar-refractivity contribution is 6.30. The third kappa shape index (κ3) is 4.86. The number of nitrogens with one attached hydrogen (secondary N) is 2. The lowest BCUT2D eigenvalue weighted by atomic mass is 10.1. The SMILES string of the molecule is C[C@H](N[C@@H](C)c1ccc(Cl)cc1)C(=O)NCc1ccccc1. The lowest BCUT2D eigenvalue weighted by molar-refractivity contribution is -0.123. The summed E-state index contributed by atoms with van der Waals surface area (Å²) < 4.78 is 0. The Balaban J connectivity index is 1.84. The van der Waals surface area contributed by atoms with Gasteiger partial charge in [-0.1, -0.05) is 54.1 Å². The monoisotopic (exact) mass is 316 g/mol. The van der Waals surface area contributed by atoms with Crippen molar-refractivity contribution in [2.45, 2.75) is 32.5 Å². The standard InChI is InChI=1S/C18H21ClN2O/c1-13(16-8-10-17(19)11-9-16)21-14(2)18(22)20-12-15-6-4-3-5-7-15/h3-11,13-14,21H,12H2,1-2H3,(H,20,22)/t13-,14-/m0/s1. The minimum absolute atomic E-state index is 0.00957. The molecule has 2 rings (SSSR count). The maximum atomic E-state index is 12.1. The topological polar surface area (TPSA) is 41.1 Å². The highest BCUT2D eigenvalue weighted by Gasteiger charge is 2.15. The molecule has 0 saturated carbocycles. The Kier molecular flexibility index (Phi) is 5.99. The molecule has 0 aliphatic carbocycles. The second kappa shape index (κ2) is 7.97. The Labute approximate surface area is 136 Å². The number of benzene rings is 2. The minimum Gasteiger partial charge on any atom is -0.351 e. The molecule has 2 N–H and O–H groups in total. The fourth-order valence-corrected chi connectivity index (χ4v) is 2.36. The first-order chi connectivity index (χ1) is 10.6. The van der Waals surface area contributed by atoms with E-state index in [-0.39, 0.29) is 18.0 Å². The number of halogens is 1. The molecule has 4 heteroatoms. The van der Waals surface area contributed by atoms with Gasteiger partial charge in [0.1, 0.15) is 0 Å². The van der Waals surface area contributed by atoms with Crippen LogP contribution in [0.1, 0.15) is 31.0 Å². The zero-order chi connectivity index (χ0) is 15.9. The van der Waals surface area contributed by atoms with E-state index < -0.39 is 0 Å². The van der Waals surface area contributed by atoms with E-state index in [0.717, 1.165) is 11.1 Å². The summed E-state index contributed by atoms with van der Waals surface area (Å²) in [6, 6.07) is 17.3. The van der Waals surface area contributed by atoms with Gasteiger partial charge in [0.2, 0.25) is 5.91 Å². The van der Waals surface area contributed by atoms with Crippen LogP contribution in [-0.4, -0.2) is 11.9 Å². The first-order valence-electron chi connectivity index (χ1n) is 7.39. The highest BCUT2D eigenvalue weighted by atomic mass is 35.5. The van der Waals surface area contributed by atoms with Crippen LogP contribution in [0.3, 0.4) is 0 Å². The Morgan fingerprint density at radius 2 is 1.68 bits per heavy atom. The van der Waals surface area contributed by atoms with Crippen molar-refractivity contribution in [2.24, 2.45) is 0 Å². The summed E-state index contributed by atoms with van der Waals surface area (Å²) in [5.74, 6) is -0.00957. The molecule has 0 fully saturated rings. The molecule has 0 aliphatic heterocycles. The van der Waals surface area contributed by atoms with E-state index in [2.05, 4.69) is 10.6 Å². The minimum atomic E-state index is -0.269. The van der Waals surface area contributed by atoms with Crippen molar-refractivity contribution in [1.29, 1.82) is 0 Å². The van der Waals surface area contributed by atoms with Gasteiger partial charge in [0.25, 0.3) is 0 Å². The van der Waals surface area contributed by atoms with E-state index in [1.165, 1.54) is 0 Å². The second-order valence-electron chi connectivity index (χ2n) is 5.36. The van der Waals surface area contributed by atoms with E-state index in [1.54, 1.807) is 0 Å². The van der Waals surface area contributed by atoms with Crippen LogP contribution in [0.4, 0.5) is 0 Å². The molecule has 1 amide bonds. The molecule has 2 atom stereocenters. The van der Waals surface area contributed by atoms with Crippen molar-refractivity contribution in [3.63, 3.8) is 0 Å². The number of hydrogen-bond donors (Lipinski definition) is 2. The zero-order valence-electron chi connectivity index (χ0n) is 12.8. The normalized spacial score (nSPS) is 13.4. The average molecular weight is 317 g/mol. The molecule has 0 bridgehead atoms. The summed E-state index contributed by atoms with van der Waals surface area (Å²) >= 11 is 5.89. The first kappa shape index (κ1) is 16.5. The van der Waals surface area contributed by atoms with Crippen molar-refractivity contribution in [3.05, 3.63) is 70.7 Å². The largest absolute Gasteiger partial charge is 0.351 e. The zero-order valence-corrected chi connectivity index (χ0v) is 13.6. The summed E-state index contributed by atoms with van der Waals surface area (Å²) in [5, 5.41) is 6.95. The summed E-state index contributed by atoms with van der Waals surface area (Å²) in [7, 11) is 0. The van der Waals surface area contributed by atoms with Crippen molar-refractivity contribution in [1.82, 2.24) is 10.6 Å². The molecular weight excluding hydrogens is 296 g/mol. The van der Waals surface area contributed by atoms with Crippen LogP contribution in [-0.2, 0) is 11.3 Å². The number of amides is 1. The summed E-state index contributed by atoms with van der Waals surface area (Å²) in [4.78, 5) is 12.1. The Morgan fingerprint density at radius 1 is 1.05 bits per heavy atom. The van der Waals surface area contributed by atoms with Crippen LogP contribution in [0, 0.1) is 0 Å². The predicted molar refractivity (Wildman–Crippen MR) is 90.8 cm³/mol. The van der Waals surface area contributed by atoms with Crippen LogP contribution >= 0.6 is 11.6 Å². The predicted octanol–water partition coefficient (Wildman–Crippen LogP) is 3.70. The van der Waals surface area contributed by atoms with Crippen LogP contribution in [0.2, 0.25) is 5.02 Å². The molecule has 22 heavy (non-hydrogen) atoms. The van der Waals surface area contributed by atoms with Gasteiger partial charge in [-0.3, -0.25) is 10.1 Å². The van der Waals surface area contributed by atoms with Gasteiger partial charge in [-0.15, -0.1) is 0 Å². The number of carbonyl (C=O) groups excluding carboxylic acids is 1. The smallest absolute Gasteiger partial charge is 0.237 e. The van der Waals surface area contributed by atoms with E-state index >= 15 is 0 Å². The second-order valence-corrected chi connectivity index (χ2v) is 5.80. The van der Waals surface area contributed by atoms with Gasteiger partial charge in [-0.2, -0.15) is 0 Å². The van der Waals surface area contributed by atoms with Crippen molar-refractivity contribution in [2.75, 3.05) is 0 Å². The molecule has 116 valence electrons. The van der Waals surface area contributed by atoms with Crippen LogP contribution < -0.4 is 10.6 Å². The third-order valence-electron chi connectivity index (χ3n) is 3.57. The van der Waals surface area contributed by atoms with E-state index in [4.69, 9.17) is 11.6 Å². The van der Waals surface area contributed by atoms with Crippen molar-refractivity contribution < 1.29 is 4.79 Å². The van der Waals surface area contributed by atoms with E-state index in [9.17, 15) is 4.79 Å². The fourth-order valence-electron chi connectivity index (χ4n) is 2.24.